The van der Waals surface area contributed by atoms with Crippen molar-refractivity contribution < 1.29 is 9.47 Å². The second-order valence-corrected chi connectivity index (χ2v) is 5.41. The Bertz CT molecular complexity index is 518. The second-order valence-electron chi connectivity index (χ2n) is 3.93. The molecule has 0 radical (unpaired) electrons. The molecule has 1 heterocycles. The summed E-state index contributed by atoms with van der Waals surface area (Å²) < 4.78 is 11.0. The highest BCUT2D eigenvalue weighted by atomic mass is 32.1. The van der Waals surface area contributed by atoms with Gasteiger partial charge in [-0.15, -0.1) is 11.3 Å². The van der Waals surface area contributed by atoms with E-state index < -0.39 is 0 Å². The summed E-state index contributed by atoms with van der Waals surface area (Å²) in [6.07, 6.45) is 0.932. The highest BCUT2D eigenvalue weighted by Crippen LogP contribution is 2.28. The number of thiol groups is 1. The molecule has 0 saturated heterocycles. The number of hydrogen-bond donors (Lipinski definition) is 1. The van der Waals surface area contributed by atoms with E-state index in [-0.39, 0.29) is 0 Å². The number of hydrogen-bond acceptors (Lipinski definition) is 5. The van der Waals surface area contributed by atoms with Crippen LogP contribution >= 0.6 is 24.0 Å². The van der Waals surface area contributed by atoms with Gasteiger partial charge < -0.3 is 9.47 Å². The van der Waals surface area contributed by atoms with E-state index in [1.807, 2.05) is 24.3 Å². The molecule has 0 aliphatic rings. The standard InChI is InChI=1S/C14H17NO2S2/c1-3-10-13(9-18)19-14(15-10)8-17-12-7-5-4-6-11(12)16-2/h4-7,18H,3,8-9H2,1-2H3. The number of para-hydroxylation sites is 2. The predicted octanol–water partition coefficient (Wildman–Crippen LogP) is 3.72. The molecule has 5 heteroatoms. The van der Waals surface area contributed by atoms with Crippen LogP contribution in [0.4, 0.5) is 0 Å². The van der Waals surface area contributed by atoms with Gasteiger partial charge in [-0.25, -0.2) is 4.98 Å². The molecular formula is C14H17NO2S2. The van der Waals surface area contributed by atoms with Crippen LogP contribution in [0.25, 0.3) is 0 Å². The number of rotatable bonds is 6. The molecule has 0 fully saturated rings. The number of benzene rings is 1. The molecule has 1 aromatic carbocycles. The molecule has 3 nitrogen and oxygen atoms in total. The summed E-state index contributed by atoms with van der Waals surface area (Å²) in [7, 11) is 1.64. The van der Waals surface area contributed by atoms with Crippen LogP contribution in [0.3, 0.4) is 0 Å². The monoisotopic (exact) mass is 295 g/mol. The first kappa shape index (κ1) is 14.2. The lowest BCUT2D eigenvalue weighted by Crippen LogP contribution is -1.97. The van der Waals surface area contributed by atoms with E-state index in [1.165, 1.54) is 4.88 Å². The molecule has 0 amide bonds. The van der Waals surface area contributed by atoms with Crippen LogP contribution in [-0.2, 0) is 18.8 Å². The first-order chi connectivity index (χ1) is 9.28. The fraction of sp³-hybridized carbons (Fsp3) is 0.357. The third-order valence-corrected chi connectivity index (χ3v) is 4.32. The van der Waals surface area contributed by atoms with Crippen molar-refractivity contribution in [1.29, 1.82) is 0 Å². The molecule has 1 aromatic heterocycles. The lowest BCUT2D eigenvalue weighted by atomic mass is 10.3. The molecule has 0 spiro atoms. The Kier molecular flexibility index (Phi) is 5.10. The maximum absolute atomic E-state index is 5.77. The van der Waals surface area contributed by atoms with Gasteiger partial charge in [0.2, 0.25) is 0 Å². The molecule has 19 heavy (non-hydrogen) atoms. The normalized spacial score (nSPS) is 10.5. The Morgan fingerprint density at radius 3 is 2.58 bits per heavy atom. The summed E-state index contributed by atoms with van der Waals surface area (Å²) >= 11 is 5.99. The van der Waals surface area contributed by atoms with E-state index in [2.05, 4.69) is 24.5 Å². The van der Waals surface area contributed by atoms with Gasteiger partial charge in [0.25, 0.3) is 0 Å². The van der Waals surface area contributed by atoms with E-state index in [9.17, 15) is 0 Å². The number of nitrogens with zero attached hydrogens (tertiary/aromatic N) is 1. The fourth-order valence-corrected chi connectivity index (χ4v) is 3.08. The van der Waals surface area contributed by atoms with Crippen molar-refractivity contribution in [3.8, 4) is 11.5 Å². The minimum atomic E-state index is 0.464. The SMILES string of the molecule is CCc1nc(COc2ccccc2OC)sc1CS. The highest BCUT2D eigenvalue weighted by molar-refractivity contribution is 7.79. The van der Waals surface area contributed by atoms with Gasteiger partial charge in [0.15, 0.2) is 11.5 Å². The van der Waals surface area contributed by atoms with E-state index in [0.717, 1.165) is 34.4 Å². The topological polar surface area (TPSA) is 31.4 Å². The summed E-state index contributed by atoms with van der Waals surface area (Å²) in [6.45, 7) is 2.57. The summed E-state index contributed by atoms with van der Waals surface area (Å²) in [5, 5.41) is 0.979. The van der Waals surface area contributed by atoms with Crippen LogP contribution in [0.5, 0.6) is 11.5 Å². The summed E-state index contributed by atoms with van der Waals surface area (Å²) in [5.74, 6) is 2.21. The van der Waals surface area contributed by atoms with Gasteiger partial charge in [-0.1, -0.05) is 19.1 Å². The predicted molar refractivity (Wildman–Crippen MR) is 81.5 cm³/mol. The maximum Gasteiger partial charge on any atom is 0.161 e. The second kappa shape index (κ2) is 6.82. The minimum Gasteiger partial charge on any atom is -0.493 e. The van der Waals surface area contributed by atoms with Crippen molar-refractivity contribution in [2.24, 2.45) is 0 Å². The highest BCUT2D eigenvalue weighted by Gasteiger charge is 2.10. The Labute approximate surface area is 123 Å². The quantitative estimate of drug-likeness (QED) is 0.824. The summed E-state index contributed by atoms with van der Waals surface area (Å²) in [4.78, 5) is 5.80. The molecule has 0 atom stereocenters. The molecule has 0 aliphatic carbocycles. The zero-order valence-corrected chi connectivity index (χ0v) is 12.8. The van der Waals surface area contributed by atoms with E-state index in [1.54, 1.807) is 18.4 Å². The maximum atomic E-state index is 5.77. The van der Waals surface area contributed by atoms with Crippen molar-refractivity contribution in [3.05, 3.63) is 39.8 Å². The van der Waals surface area contributed by atoms with Gasteiger partial charge in [-0.2, -0.15) is 12.6 Å². The van der Waals surface area contributed by atoms with Crippen LogP contribution in [-0.4, -0.2) is 12.1 Å². The average Bonchev–Trinajstić information content (AvgIpc) is 2.87. The number of thiazole rings is 1. The summed E-state index contributed by atoms with van der Waals surface area (Å²) in [5.41, 5.74) is 1.12. The Morgan fingerprint density at radius 1 is 1.26 bits per heavy atom. The zero-order valence-electron chi connectivity index (χ0n) is 11.0. The first-order valence-electron chi connectivity index (χ1n) is 6.12. The number of methoxy groups -OCH3 is 1. The molecule has 102 valence electrons. The fourth-order valence-electron chi connectivity index (χ4n) is 1.78. The van der Waals surface area contributed by atoms with Gasteiger partial charge in [0, 0.05) is 10.6 Å². The first-order valence-corrected chi connectivity index (χ1v) is 7.57. The van der Waals surface area contributed by atoms with Crippen molar-refractivity contribution >= 4 is 24.0 Å². The molecule has 2 aromatic rings. The molecule has 0 unspecified atom stereocenters. The van der Waals surface area contributed by atoms with E-state index in [0.29, 0.717) is 6.61 Å². The van der Waals surface area contributed by atoms with Crippen molar-refractivity contribution in [3.63, 3.8) is 0 Å². The minimum absolute atomic E-state index is 0.464. The summed E-state index contributed by atoms with van der Waals surface area (Å²) in [6, 6.07) is 7.63. The number of aromatic nitrogens is 1. The smallest absolute Gasteiger partial charge is 0.161 e. The van der Waals surface area contributed by atoms with Gasteiger partial charge in [0.1, 0.15) is 11.6 Å². The van der Waals surface area contributed by atoms with Gasteiger partial charge in [-0.05, 0) is 18.6 Å². The van der Waals surface area contributed by atoms with Crippen LogP contribution < -0.4 is 9.47 Å². The Hall–Kier alpha value is -1.20. The van der Waals surface area contributed by atoms with Crippen molar-refractivity contribution in [2.45, 2.75) is 25.7 Å². The Balaban J connectivity index is 2.08. The average molecular weight is 295 g/mol. The van der Waals surface area contributed by atoms with Crippen LogP contribution in [0.15, 0.2) is 24.3 Å². The Morgan fingerprint density at radius 2 is 2.00 bits per heavy atom. The third-order valence-electron chi connectivity index (χ3n) is 2.72. The number of ether oxygens (including phenoxy) is 2. The lowest BCUT2D eigenvalue weighted by Gasteiger charge is -2.08. The molecular weight excluding hydrogens is 278 g/mol. The van der Waals surface area contributed by atoms with Crippen molar-refractivity contribution in [2.75, 3.05) is 7.11 Å². The van der Waals surface area contributed by atoms with E-state index >= 15 is 0 Å². The van der Waals surface area contributed by atoms with Gasteiger partial charge in [-0.3, -0.25) is 0 Å². The van der Waals surface area contributed by atoms with Gasteiger partial charge >= 0.3 is 0 Å². The van der Waals surface area contributed by atoms with Crippen molar-refractivity contribution in [1.82, 2.24) is 4.98 Å². The third kappa shape index (κ3) is 3.42. The molecule has 0 bridgehead atoms. The van der Waals surface area contributed by atoms with Gasteiger partial charge in [0.05, 0.1) is 12.8 Å². The molecule has 2 rings (SSSR count). The van der Waals surface area contributed by atoms with Crippen LogP contribution in [0.1, 0.15) is 22.5 Å². The van der Waals surface area contributed by atoms with E-state index in [4.69, 9.17) is 9.47 Å². The largest absolute Gasteiger partial charge is 0.493 e. The molecule has 0 saturated carbocycles. The number of aryl methyl sites for hydroxylation is 1. The lowest BCUT2D eigenvalue weighted by molar-refractivity contribution is 0.284. The zero-order chi connectivity index (χ0) is 13.7. The molecule has 0 aliphatic heterocycles. The molecule has 0 N–H and O–H groups in total. The van der Waals surface area contributed by atoms with Crippen LogP contribution in [0.2, 0.25) is 0 Å². The van der Waals surface area contributed by atoms with Crippen LogP contribution in [0, 0.1) is 0 Å².